The fourth-order valence-corrected chi connectivity index (χ4v) is 2.06. The third-order valence-electron chi connectivity index (χ3n) is 3.55. The van der Waals surface area contributed by atoms with Crippen LogP contribution in [0.1, 0.15) is 77.1 Å². The van der Waals surface area contributed by atoms with Crippen molar-refractivity contribution in [1.29, 1.82) is 0 Å². The van der Waals surface area contributed by atoms with Gasteiger partial charge in [-0.25, -0.2) is 0 Å². The first-order valence-corrected chi connectivity index (χ1v) is 8.02. The molecule has 0 saturated heterocycles. The SMILES string of the molecule is CCCCCCCCCCNc1nnc(C(C)NC)o1. The lowest BCUT2D eigenvalue weighted by Gasteiger charge is -2.03. The summed E-state index contributed by atoms with van der Waals surface area (Å²) in [7, 11) is 1.88. The van der Waals surface area contributed by atoms with Crippen molar-refractivity contribution in [2.45, 2.75) is 71.3 Å². The average molecular weight is 282 g/mol. The van der Waals surface area contributed by atoms with Gasteiger partial charge in [0.25, 0.3) is 0 Å². The van der Waals surface area contributed by atoms with Crippen LogP contribution in [0.3, 0.4) is 0 Å². The van der Waals surface area contributed by atoms with E-state index in [-0.39, 0.29) is 6.04 Å². The molecule has 1 rings (SSSR count). The third-order valence-corrected chi connectivity index (χ3v) is 3.55. The fraction of sp³-hybridized carbons (Fsp3) is 0.867. The van der Waals surface area contributed by atoms with Gasteiger partial charge in [0.2, 0.25) is 5.89 Å². The Morgan fingerprint density at radius 2 is 1.65 bits per heavy atom. The maximum Gasteiger partial charge on any atom is 0.315 e. The summed E-state index contributed by atoms with van der Waals surface area (Å²) in [6, 6.07) is 0.631. The zero-order chi connectivity index (χ0) is 14.6. The van der Waals surface area contributed by atoms with Crippen molar-refractivity contribution in [2.24, 2.45) is 0 Å². The van der Waals surface area contributed by atoms with Crippen molar-refractivity contribution in [3.05, 3.63) is 5.89 Å². The van der Waals surface area contributed by atoms with E-state index >= 15 is 0 Å². The number of hydrogen-bond acceptors (Lipinski definition) is 5. The second-order valence-corrected chi connectivity index (χ2v) is 5.36. The van der Waals surface area contributed by atoms with Crippen molar-refractivity contribution in [2.75, 3.05) is 18.9 Å². The highest BCUT2D eigenvalue weighted by Crippen LogP contribution is 2.13. The molecule has 1 aromatic heterocycles. The summed E-state index contributed by atoms with van der Waals surface area (Å²) in [6.45, 7) is 5.16. The first-order valence-electron chi connectivity index (χ1n) is 8.02. The average Bonchev–Trinajstić information content (AvgIpc) is 2.93. The van der Waals surface area contributed by atoms with Gasteiger partial charge in [-0.3, -0.25) is 0 Å². The van der Waals surface area contributed by atoms with Crippen LogP contribution in [0.25, 0.3) is 0 Å². The molecule has 0 bridgehead atoms. The van der Waals surface area contributed by atoms with Crippen molar-refractivity contribution in [3.8, 4) is 0 Å². The van der Waals surface area contributed by atoms with Crippen LogP contribution >= 0.6 is 0 Å². The normalized spacial score (nSPS) is 12.6. The molecule has 2 N–H and O–H groups in total. The Hall–Kier alpha value is -1.10. The van der Waals surface area contributed by atoms with E-state index in [9.17, 15) is 0 Å². The van der Waals surface area contributed by atoms with Crippen LogP contribution in [-0.4, -0.2) is 23.8 Å². The van der Waals surface area contributed by atoms with Crippen LogP contribution in [0.15, 0.2) is 4.42 Å². The van der Waals surface area contributed by atoms with Gasteiger partial charge in [-0.05, 0) is 20.4 Å². The highest BCUT2D eigenvalue weighted by molar-refractivity contribution is 5.16. The van der Waals surface area contributed by atoms with E-state index in [1.807, 2.05) is 14.0 Å². The van der Waals surface area contributed by atoms with Crippen LogP contribution in [-0.2, 0) is 0 Å². The Kier molecular flexibility index (Phi) is 9.04. The molecule has 0 fully saturated rings. The van der Waals surface area contributed by atoms with Crippen molar-refractivity contribution >= 4 is 6.01 Å². The summed E-state index contributed by atoms with van der Waals surface area (Å²) in [5.41, 5.74) is 0. The van der Waals surface area contributed by atoms with E-state index in [1.54, 1.807) is 0 Å². The van der Waals surface area contributed by atoms with E-state index in [0.717, 1.165) is 13.0 Å². The van der Waals surface area contributed by atoms with Gasteiger partial charge in [0.1, 0.15) is 0 Å². The zero-order valence-electron chi connectivity index (χ0n) is 13.2. The summed E-state index contributed by atoms with van der Waals surface area (Å²) in [5, 5.41) is 14.2. The molecule has 1 atom stereocenters. The molecule has 116 valence electrons. The van der Waals surface area contributed by atoms with Gasteiger partial charge in [-0.15, -0.1) is 5.10 Å². The van der Waals surface area contributed by atoms with Gasteiger partial charge in [0, 0.05) is 6.54 Å². The van der Waals surface area contributed by atoms with E-state index in [2.05, 4.69) is 27.8 Å². The molecule has 0 aromatic carbocycles. The number of aromatic nitrogens is 2. The largest absolute Gasteiger partial charge is 0.406 e. The second kappa shape index (κ2) is 10.7. The minimum Gasteiger partial charge on any atom is -0.406 e. The molecule has 5 heteroatoms. The molecule has 1 aromatic rings. The minimum absolute atomic E-state index is 0.0983. The van der Waals surface area contributed by atoms with Crippen LogP contribution in [0.4, 0.5) is 6.01 Å². The number of nitrogens with zero attached hydrogens (tertiary/aromatic N) is 2. The smallest absolute Gasteiger partial charge is 0.315 e. The number of unbranched alkanes of at least 4 members (excludes halogenated alkanes) is 7. The molecule has 0 amide bonds. The third kappa shape index (κ3) is 6.89. The van der Waals surface area contributed by atoms with Crippen LogP contribution in [0.5, 0.6) is 0 Å². The molecule has 0 aliphatic rings. The molecule has 0 aliphatic carbocycles. The fourth-order valence-electron chi connectivity index (χ4n) is 2.06. The first kappa shape index (κ1) is 17.0. The Morgan fingerprint density at radius 1 is 1.00 bits per heavy atom. The van der Waals surface area contributed by atoms with Gasteiger partial charge in [-0.1, -0.05) is 57.0 Å². The molecule has 1 heterocycles. The van der Waals surface area contributed by atoms with Crippen molar-refractivity contribution < 1.29 is 4.42 Å². The van der Waals surface area contributed by atoms with Crippen LogP contribution in [0.2, 0.25) is 0 Å². The summed E-state index contributed by atoms with van der Waals surface area (Å²) in [5.74, 6) is 0.630. The first-order chi connectivity index (χ1) is 9.77. The predicted octanol–water partition coefficient (Wildman–Crippen LogP) is 3.90. The van der Waals surface area contributed by atoms with Crippen molar-refractivity contribution in [1.82, 2.24) is 15.5 Å². The van der Waals surface area contributed by atoms with Gasteiger partial charge in [0.05, 0.1) is 6.04 Å². The Morgan fingerprint density at radius 3 is 2.30 bits per heavy atom. The lowest BCUT2D eigenvalue weighted by molar-refractivity contribution is 0.440. The quantitative estimate of drug-likeness (QED) is 0.569. The molecular formula is C15H30N4O. The molecule has 0 radical (unpaired) electrons. The molecule has 0 aliphatic heterocycles. The van der Waals surface area contributed by atoms with Gasteiger partial charge >= 0.3 is 6.01 Å². The molecule has 20 heavy (non-hydrogen) atoms. The lowest BCUT2D eigenvalue weighted by atomic mass is 10.1. The molecule has 5 nitrogen and oxygen atoms in total. The molecular weight excluding hydrogens is 252 g/mol. The molecule has 0 spiro atoms. The van der Waals surface area contributed by atoms with Crippen LogP contribution < -0.4 is 10.6 Å². The maximum atomic E-state index is 5.51. The summed E-state index contributed by atoms with van der Waals surface area (Å²) >= 11 is 0. The number of anilines is 1. The summed E-state index contributed by atoms with van der Waals surface area (Å²) < 4.78 is 5.51. The summed E-state index contributed by atoms with van der Waals surface area (Å²) in [6.07, 6.45) is 10.6. The van der Waals surface area contributed by atoms with Gasteiger partial charge in [0.15, 0.2) is 0 Å². The van der Waals surface area contributed by atoms with Crippen molar-refractivity contribution in [3.63, 3.8) is 0 Å². The number of rotatable bonds is 12. The highest BCUT2D eigenvalue weighted by Gasteiger charge is 2.10. The predicted molar refractivity (Wildman–Crippen MR) is 82.9 cm³/mol. The van der Waals surface area contributed by atoms with Gasteiger partial charge < -0.3 is 15.1 Å². The summed E-state index contributed by atoms with van der Waals surface area (Å²) in [4.78, 5) is 0. The van der Waals surface area contributed by atoms with E-state index in [4.69, 9.17) is 4.42 Å². The second-order valence-electron chi connectivity index (χ2n) is 5.36. The molecule has 1 unspecified atom stereocenters. The minimum atomic E-state index is 0.0983. The molecule has 0 saturated carbocycles. The number of nitrogens with one attached hydrogen (secondary N) is 2. The number of hydrogen-bond donors (Lipinski definition) is 2. The Labute approximate surface area is 122 Å². The zero-order valence-corrected chi connectivity index (χ0v) is 13.2. The highest BCUT2D eigenvalue weighted by atomic mass is 16.4. The Bertz CT molecular complexity index is 340. The Balaban J connectivity index is 2.00. The van der Waals surface area contributed by atoms with E-state index in [0.29, 0.717) is 11.9 Å². The standard InChI is InChI=1S/C15H30N4O/c1-4-5-6-7-8-9-10-11-12-17-15-19-18-14(20-15)13(2)16-3/h13,16H,4-12H2,1-3H3,(H,17,19). The van der Waals surface area contributed by atoms with E-state index < -0.39 is 0 Å². The maximum absolute atomic E-state index is 5.51. The lowest BCUT2D eigenvalue weighted by Crippen LogP contribution is -2.12. The monoisotopic (exact) mass is 282 g/mol. The topological polar surface area (TPSA) is 63.0 Å². The van der Waals surface area contributed by atoms with Crippen LogP contribution in [0, 0.1) is 0 Å². The van der Waals surface area contributed by atoms with E-state index in [1.165, 1.54) is 44.9 Å². The van der Waals surface area contributed by atoms with Gasteiger partial charge in [-0.2, -0.15) is 0 Å².